The zero-order valence-electron chi connectivity index (χ0n) is 19.0. The number of carbonyl (C=O) groups excluding carboxylic acids is 2. The molecule has 2 amide bonds. The molecule has 0 atom stereocenters. The van der Waals surface area contributed by atoms with Gasteiger partial charge in [-0.3, -0.25) is 9.59 Å². The summed E-state index contributed by atoms with van der Waals surface area (Å²) in [5.74, 6) is -0.950. The fourth-order valence-electron chi connectivity index (χ4n) is 4.59. The van der Waals surface area contributed by atoms with Crippen molar-refractivity contribution in [3.8, 4) is 0 Å². The number of piperidine rings is 1. The second-order valence-electron chi connectivity index (χ2n) is 9.04. The number of carbonyl (C=O) groups is 2. The van der Waals surface area contributed by atoms with Crippen LogP contribution in [-0.2, 0) is 14.8 Å². The highest BCUT2D eigenvalue weighted by atomic mass is 32.2. The molecule has 0 radical (unpaired) electrons. The number of hydrogen-bond acceptors (Lipinski definition) is 4. The minimum atomic E-state index is -3.59. The van der Waals surface area contributed by atoms with E-state index in [1.54, 1.807) is 17.0 Å². The Morgan fingerprint density at radius 2 is 1.47 bits per heavy atom. The molecule has 7 nitrogen and oxygen atoms in total. The molecule has 0 spiro atoms. The zero-order chi connectivity index (χ0) is 24.1. The van der Waals surface area contributed by atoms with Crippen molar-refractivity contribution in [2.45, 2.75) is 55.9 Å². The number of anilines is 1. The van der Waals surface area contributed by atoms with E-state index in [2.05, 4.69) is 10.0 Å². The molecule has 0 aromatic heterocycles. The Hall–Kier alpha value is -2.78. The van der Waals surface area contributed by atoms with E-state index in [-0.39, 0.29) is 28.7 Å². The molecular weight excluding hydrogens is 457 g/mol. The van der Waals surface area contributed by atoms with Crippen LogP contribution in [0.25, 0.3) is 0 Å². The highest BCUT2D eigenvalue weighted by Gasteiger charge is 2.28. The van der Waals surface area contributed by atoms with E-state index in [4.69, 9.17) is 0 Å². The average molecular weight is 488 g/mol. The van der Waals surface area contributed by atoms with Gasteiger partial charge in [0.25, 0.3) is 5.91 Å². The van der Waals surface area contributed by atoms with E-state index in [0.717, 1.165) is 32.1 Å². The highest BCUT2D eigenvalue weighted by molar-refractivity contribution is 7.89. The molecule has 2 aromatic rings. The summed E-state index contributed by atoms with van der Waals surface area (Å²) in [4.78, 5) is 27.1. The predicted octanol–water partition coefficient (Wildman–Crippen LogP) is 3.93. The van der Waals surface area contributed by atoms with Crippen LogP contribution in [-0.4, -0.2) is 44.3 Å². The number of rotatable bonds is 6. The van der Waals surface area contributed by atoms with Gasteiger partial charge < -0.3 is 10.2 Å². The minimum absolute atomic E-state index is 0.0149. The van der Waals surface area contributed by atoms with Crippen LogP contribution in [0.1, 0.15) is 55.3 Å². The Balaban J connectivity index is 1.28. The minimum Gasteiger partial charge on any atom is -0.339 e. The molecule has 2 fully saturated rings. The molecule has 0 unspecified atom stereocenters. The molecule has 1 saturated carbocycles. The third-order valence-electron chi connectivity index (χ3n) is 6.60. The van der Waals surface area contributed by atoms with Crippen LogP contribution in [0.3, 0.4) is 0 Å². The summed E-state index contributed by atoms with van der Waals surface area (Å²) >= 11 is 0. The van der Waals surface area contributed by atoms with Gasteiger partial charge in [0.15, 0.2) is 0 Å². The zero-order valence-corrected chi connectivity index (χ0v) is 19.8. The van der Waals surface area contributed by atoms with Gasteiger partial charge in [0.05, 0.1) is 4.90 Å². The van der Waals surface area contributed by atoms with E-state index in [9.17, 15) is 22.4 Å². The Kier molecular flexibility index (Phi) is 7.63. The van der Waals surface area contributed by atoms with Crippen LogP contribution in [0.15, 0.2) is 53.4 Å². The van der Waals surface area contributed by atoms with Crippen molar-refractivity contribution in [1.29, 1.82) is 0 Å². The van der Waals surface area contributed by atoms with Gasteiger partial charge in [-0.2, -0.15) is 0 Å². The van der Waals surface area contributed by atoms with E-state index < -0.39 is 15.8 Å². The Morgan fingerprint density at radius 1 is 0.853 bits per heavy atom. The first-order valence-electron chi connectivity index (χ1n) is 11.8. The summed E-state index contributed by atoms with van der Waals surface area (Å²) in [7, 11) is -3.59. The number of hydrogen-bond donors (Lipinski definition) is 2. The van der Waals surface area contributed by atoms with Gasteiger partial charge in [-0.25, -0.2) is 17.5 Å². The van der Waals surface area contributed by atoms with Gasteiger partial charge in [0.2, 0.25) is 15.9 Å². The topological polar surface area (TPSA) is 95.6 Å². The molecule has 2 aromatic carbocycles. The second kappa shape index (κ2) is 10.7. The smallest absolute Gasteiger partial charge is 0.253 e. The van der Waals surface area contributed by atoms with Crippen LogP contribution in [0.2, 0.25) is 0 Å². The lowest BCUT2D eigenvalue weighted by Gasteiger charge is -2.31. The first kappa shape index (κ1) is 24.3. The van der Waals surface area contributed by atoms with Crippen molar-refractivity contribution < 1.29 is 22.4 Å². The number of amides is 2. The van der Waals surface area contributed by atoms with Gasteiger partial charge in [-0.1, -0.05) is 19.3 Å². The standard InChI is InChI=1S/C25H30FN3O4S/c26-20-8-6-19(7-9-20)25(31)29-16-14-18(15-17-29)24(30)27-21-10-12-23(13-11-21)34(32,33)28-22-4-2-1-3-5-22/h6-13,18,22,28H,1-5,14-17H2,(H,27,30). The van der Waals surface area contributed by atoms with Crippen molar-refractivity contribution in [3.63, 3.8) is 0 Å². The number of likely N-dealkylation sites (tertiary alicyclic amines) is 1. The Bertz CT molecular complexity index is 1110. The Morgan fingerprint density at radius 3 is 2.09 bits per heavy atom. The largest absolute Gasteiger partial charge is 0.339 e. The lowest BCUT2D eigenvalue weighted by atomic mass is 9.95. The average Bonchev–Trinajstić information content (AvgIpc) is 2.85. The summed E-state index contributed by atoms with van der Waals surface area (Å²) in [6.45, 7) is 0.886. The molecule has 182 valence electrons. The van der Waals surface area contributed by atoms with E-state index in [1.165, 1.54) is 36.4 Å². The first-order chi connectivity index (χ1) is 16.3. The molecule has 1 heterocycles. The maximum absolute atomic E-state index is 13.1. The third kappa shape index (κ3) is 6.01. The maximum Gasteiger partial charge on any atom is 0.253 e. The van der Waals surface area contributed by atoms with Crippen LogP contribution in [0.5, 0.6) is 0 Å². The van der Waals surface area contributed by atoms with Crippen LogP contribution >= 0.6 is 0 Å². The maximum atomic E-state index is 13.1. The van der Waals surface area contributed by atoms with Crippen LogP contribution < -0.4 is 10.0 Å². The molecule has 0 bridgehead atoms. The van der Waals surface area contributed by atoms with E-state index in [1.807, 2.05) is 0 Å². The van der Waals surface area contributed by atoms with Crippen molar-refractivity contribution >= 4 is 27.5 Å². The molecule has 9 heteroatoms. The first-order valence-corrected chi connectivity index (χ1v) is 13.3. The van der Waals surface area contributed by atoms with Crippen molar-refractivity contribution in [2.24, 2.45) is 5.92 Å². The van der Waals surface area contributed by atoms with Crippen LogP contribution in [0.4, 0.5) is 10.1 Å². The normalized spacial score (nSPS) is 18.0. The number of benzene rings is 2. The molecule has 34 heavy (non-hydrogen) atoms. The van der Waals surface area contributed by atoms with Gasteiger partial charge in [-0.15, -0.1) is 0 Å². The second-order valence-corrected chi connectivity index (χ2v) is 10.8. The fraction of sp³-hybridized carbons (Fsp3) is 0.440. The van der Waals surface area contributed by atoms with Crippen molar-refractivity contribution in [1.82, 2.24) is 9.62 Å². The van der Waals surface area contributed by atoms with Gasteiger partial charge in [0.1, 0.15) is 5.82 Å². The summed E-state index contributed by atoms with van der Waals surface area (Å²) in [6.07, 6.45) is 6.00. The molecule has 2 N–H and O–H groups in total. The third-order valence-corrected chi connectivity index (χ3v) is 8.14. The lowest BCUT2D eigenvalue weighted by Crippen LogP contribution is -2.41. The molecule has 2 aliphatic rings. The lowest BCUT2D eigenvalue weighted by molar-refractivity contribution is -0.121. The molecule has 4 rings (SSSR count). The van der Waals surface area contributed by atoms with Gasteiger partial charge >= 0.3 is 0 Å². The number of nitrogens with zero attached hydrogens (tertiary/aromatic N) is 1. The monoisotopic (exact) mass is 487 g/mol. The van der Waals surface area contributed by atoms with Crippen LogP contribution in [0, 0.1) is 11.7 Å². The SMILES string of the molecule is O=C(Nc1ccc(S(=O)(=O)NC2CCCCC2)cc1)C1CCN(C(=O)c2ccc(F)cc2)CC1. The van der Waals surface area contributed by atoms with Crippen molar-refractivity contribution in [3.05, 3.63) is 59.9 Å². The summed E-state index contributed by atoms with van der Waals surface area (Å²) in [6, 6.07) is 11.6. The Labute approximate surface area is 199 Å². The summed E-state index contributed by atoms with van der Waals surface area (Å²) < 4.78 is 41.1. The quantitative estimate of drug-likeness (QED) is 0.646. The number of nitrogens with one attached hydrogen (secondary N) is 2. The molecule has 1 aliphatic heterocycles. The highest BCUT2D eigenvalue weighted by Crippen LogP contribution is 2.23. The summed E-state index contributed by atoms with van der Waals surface area (Å²) in [5, 5.41) is 2.85. The van der Waals surface area contributed by atoms with Gasteiger partial charge in [0, 0.05) is 36.3 Å². The molecule has 1 saturated heterocycles. The van der Waals surface area contributed by atoms with E-state index >= 15 is 0 Å². The van der Waals surface area contributed by atoms with Crippen molar-refractivity contribution in [2.75, 3.05) is 18.4 Å². The van der Waals surface area contributed by atoms with Gasteiger partial charge in [-0.05, 0) is 74.2 Å². The predicted molar refractivity (Wildman–Crippen MR) is 127 cm³/mol. The molecular formula is C25H30FN3O4S. The number of sulfonamides is 1. The fourth-order valence-corrected chi connectivity index (χ4v) is 5.89. The molecule has 1 aliphatic carbocycles. The number of halogens is 1. The van der Waals surface area contributed by atoms with E-state index in [0.29, 0.717) is 37.2 Å². The summed E-state index contributed by atoms with van der Waals surface area (Å²) in [5.41, 5.74) is 0.962.